The molecule has 15 heavy (non-hydrogen) atoms. The Balaban J connectivity index is 2.56. The molecule has 0 saturated heterocycles. The Hall–Kier alpha value is -0.0600. The average molecular weight is 291 g/mol. The first-order valence-corrected chi connectivity index (χ1v) is 6.49. The van der Waals surface area contributed by atoms with Crippen LogP contribution < -0.4 is 0 Å². The normalized spacial score (nSPS) is 23.7. The van der Waals surface area contributed by atoms with Crippen molar-refractivity contribution in [1.82, 2.24) is 0 Å². The van der Waals surface area contributed by atoms with Gasteiger partial charge in [-0.15, -0.1) is 11.8 Å². The van der Waals surface area contributed by atoms with E-state index in [4.69, 9.17) is 0 Å². The lowest BCUT2D eigenvalue weighted by Gasteiger charge is -2.36. The van der Waals surface area contributed by atoms with E-state index in [1.807, 2.05) is 13.8 Å². The van der Waals surface area contributed by atoms with Gasteiger partial charge in [-0.05, 0) is 37.1 Å². The van der Waals surface area contributed by atoms with Gasteiger partial charge in [0.05, 0.1) is 6.10 Å². The van der Waals surface area contributed by atoms with Crippen LogP contribution in [-0.2, 0) is 5.75 Å². The van der Waals surface area contributed by atoms with Gasteiger partial charge in [-0.3, -0.25) is 0 Å². The number of aliphatic hydroxyl groups is 1. The molecule has 1 aromatic rings. The number of fused-ring (bicyclic) bond motifs is 1. The number of hydrogen-bond acceptors (Lipinski definition) is 2. The quantitative estimate of drug-likeness (QED) is 0.787. The molecule has 4 heteroatoms. The van der Waals surface area contributed by atoms with E-state index in [2.05, 4.69) is 15.9 Å². The topological polar surface area (TPSA) is 20.2 Å². The first-order chi connectivity index (χ1) is 6.92. The van der Waals surface area contributed by atoms with Gasteiger partial charge in [-0.1, -0.05) is 15.9 Å². The van der Waals surface area contributed by atoms with Crippen molar-refractivity contribution < 1.29 is 9.50 Å². The summed E-state index contributed by atoms with van der Waals surface area (Å²) in [6.45, 7) is 3.95. The molecule has 0 radical (unpaired) electrons. The van der Waals surface area contributed by atoms with Crippen molar-refractivity contribution in [2.45, 2.75) is 30.5 Å². The summed E-state index contributed by atoms with van der Waals surface area (Å²) in [7, 11) is 0. The maximum Gasteiger partial charge on any atom is 0.124 e. The Morgan fingerprint density at radius 1 is 1.53 bits per heavy atom. The summed E-state index contributed by atoms with van der Waals surface area (Å²) in [5.74, 6) is 0.502. The van der Waals surface area contributed by atoms with Crippen LogP contribution in [-0.4, -0.2) is 9.85 Å². The highest BCUT2D eigenvalue weighted by molar-refractivity contribution is 9.10. The number of thioether (sulfide) groups is 1. The van der Waals surface area contributed by atoms with Crippen molar-refractivity contribution in [3.05, 3.63) is 33.5 Å². The van der Waals surface area contributed by atoms with E-state index in [0.717, 1.165) is 15.8 Å². The smallest absolute Gasteiger partial charge is 0.124 e. The highest BCUT2D eigenvalue weighted by Gasteiger charge is 2.36. The molecule has 2 rings (SSSR count). The number of hydrogen-bond donors (Lipinski definition) is 1. The molecule has 1 unspecified atom stereocenters. The van der Waals surface area contributed by atoms with Crippen molar-refractivity contribution >= 4 is 27.7 Å². The van der Waals surface area contributed by atoms with Crippen LogP contribution in [0.3, 0.4) is 0 Å². The lowest BCUT2D eigenvalue weighted by atomic mass is 9.94. The van der Waals surface area contributed by atoms with Crippen LogP contribution in [0.4, 0.5) is 4.39 Å². The molecule has 82 valence electrons. The maximum absolute atomic E-state index is 13.2. The number of rotatable bonds is 0. The molecule has 1 N–H and O–H groups in total. The zero-order valence-corrected chi connectivity index (χ0v) is 11.0. The summed E-state index contributed by atoms with van der Waals surface area (Å²) in [6, 6.07) is 2.89. The van der Waals surface area contributed by atoms with E-state index >= 15 is 0 Å². The van der Waals surface area contributed by atoms with Crippen molar-refractivity contribution in [3.8, 4) is 0 Å². The molecular weight excluding hydrogens is 279 g/mol. The lowest BCUT2D eigenvalue weighted by molar-refractivity contribution is 0.141. The van der Waals surface area contributed by atoms with Crippen molar-refractivity contribution in [3.63, 3.8) is 0 Å². The second-order valence-electron chi connectivity index (χ2n) is 4.25. The van der Waals surface area contributed by atoms with E-state index in [1.165, 1.54) is 12.1 Å². The van der Waals surface area contributed by atoms with Gasteiger partial charge in [0.1, 0.15) is 5.82 Å². The monoisotopic (exact) mass is 290 g/mol. The molecular formula is C11H12BrFOS. The summed E-state index contributed by atoms with van der Waals surface area (Å²) in [4.78, 5) is 0. The molecule has 1 aromatic carbocycles. The third-order valence-electron chi connectivity index (χ3n) is 2.74. The van der Waals surface area contributed by atoms with Gasteiger partial charge in [0.15, 0.2) is 0 Å². The van der Waals surface area contributed by atoms with Crippen molar-refractivity contribution in [2.24, 2.45) is 0 Å². The van der Waals surface area contributed by atoms with Gasteiger partial charge in [-0.2, -0.15) is 0 Å². The fraction of sp³-hybridized carbons (Fsp3) is 0.455. The van der Waals surface area contributed by atoms with Gasteiger partial charge >= 0.3 is 0 Å². The van der Waals surface area contributed by atoms with E-state index < -0.39 is 6.10 Å². The zero-order valence-electron chi connectivity index (χ0n) is 8.55. The molecule has 1 atom stereocenters. The standard InChI is InChI=1S/C11H12BrFOS/c1-11(2)10(14)7-3-6(13)4-9(12)8(7)5-15-11/h3-4,10,14H,5H2,1-2H3. The molecule has 0 saturated carbocycles. The number of aliphatic hydroxyl groups excluding tert-OH is 1. The van der Waals surface area contributed by atoms with Crippen LogP contribution in [0.25, 0.3) is 0 Å². The molecule has 0 fully saturated rings. The van der Waals surface area contributed by atoms with Gasteiger partial charge in [-0.25, -0.2) is 4.39 Å². The average Bonchev–Trinajstić information content (AvgIpc) is 2.12. The minimum absolute atomic E-state index is 0.250. The Morgan fingerprint density at radius 2 is 2.20 bits per heavy atom. The molecule has 1 nitrogen and oxygen atoms in total. The Kier molecular flexibility index (Phi) is 2.86. The fourth-order valence-corrected chi connectivity index (χ4v) is 3.63. The second-order valence-corrected chi connectivity index (χ2v) is 6.73. The predicted molar refractivity (Wildman–Crippen MR) is 64.4 cm³/mol. The van der Waals surface area contributed by atoms with Crippen LogP contribution in [0, 0.1) is 5.82 Å². The van der Waals surface area contributed by atoms with Gasteiger partial charge in [0, 0.05) is 15.0 Å². The van der Waals surface area contributed by atoms with Gasteiger partial charge in [0.2, 0.25) is 0 Å². The van der Waals surface area contributed by atoms with Crippen molar-refractivity contribution in [1.29, 1.82) is 0 Å². The molecule has 0 bridgehead atoms. The lowest BCUT2D eigenvalue weighted by Crippen LogP contribution is -2.30. The van der Waals surface area contributed by atoms with E-state index in [9.17, 15) is 9.50 Å². The Bertz CT molecular complexity index is 406. The van der Waals surface area contributed by atoms with Crippen LogP contribution >= 0.6 is 27.7 Å². The minimum atomic E-state index is -0.613. The predicted octanol–water partition coefficient (Wildman–Crippen LogP) is 3.65. The highest BCUT2D eigenvalue weighted by Crippen LogP contribution is 2.47. The molecule has 0 aliphatic carbocycles. The summed E-state index contributed by atoms with van der Waals surface area (Å²) in [6.07, 6.45) is -0.613. The number of benzene rings is 1. The largest absolute Gasteiger partial charge is 0.387 e. The van der Waals surface area contributed by atoms with Crippen molar-refractivity contribution in [2.75, 3.05) is 0 Å². The number of halogens is 2. The molecule has 0 amide bonds. The highest BCUT2D eigenvalue weighted by atomic mass is 79.9. The Morgan fingerprint density at radius 3 is 2.87 bits per heavy atom. The van der Waals surface area contributed by atoms with Crippen LogP contribution in [0.2, 0.25) is 0 Å². The summed E-state index contributed by atoms with van der Waals surface area (Å²) < 4.78 is 13.7. The molecule has 0 spiro atoms. The second kappa shape index (κ2) is 3.75. The summed E-state index contributed by atoms with van der Waals surface area (Å²) >= 11 is 5.02. The third kappa shape index (κ3) is 1.95. The van der Waals surface area contributed by atoms with E-state index in [-0.39, 0.29) is 10.6 Å². The molecule has 1 aliphatic rings. The minimum Gasteiger partial charge on any atom is -0.387 e. The van der Waals surface area contributed by atoms with Gasteiger partial charge < -0.3 is 5.11 Å². The third-order valence-corrected chi connectivity index (χ3v) is 4.84. The van der Waals surface area contributed by atoms with Crippen LogP contribution in [0.15, 0.2) is 16.6 Å². The van der Waals surface area contributed by atoms with E-state index in [0.29, 0.717) is 5.56 Å². The fourth-order valence-electron chi connectivity index (χ4n) is 1.73. The Labute approximate surface area is 101 Å². The molecule has 0 aromatic heterocycles. The first kappa shape index (κ1) is 11.4. The summed E-state index contributed by atoms with van der Waals surface area (Å²) in [5.41, 5.74) is 1.72. The maximum atomic E-state index is 13.2. The van der Waals surface area contributed by atoms with E-state index in [1.54, 1.807) is 11.8 Å². The molecule has 1 heterocycles. The van der Waals surface area contributed by atoms with Crippen LogP contribution in [0.1, 0.15) is 31.1 Å². The van der Waals surface area contributed by atoms with Crippen LogP contribution in [0.5, 0.6) is 0 Å². The zero-order chi connectivity index (χ0) is 11.2. The van der Waals surface area contributed by atoms with Gasteiger partial charge in [0.25, 0.3) is 0 Å². The molecule has 1 aliphatic heterocycles. The first-order valence-electron chi connectivity index (χ1n) is 4.71. The summed E-state index contributed by atoms with van der Waals surface area (Å²) in [5, 5.41) is 10.1. The SMILES string of the molecule is CC1(C)SCc2c(Br)cc(F)cc2C1O.